The van der Waals surface area contributed by atoms with Gasteiger partial charge in [-0.3, -0.25) is 13.9 Å². The van der Waals surface area contributed by atoms with E-state index in [0.717, 1.165) is 31.9 Å². The van der Waals surface area contributed by atoms with Gasteiger partial charge in [0.05, 0.1) is 10.6 Å². The topological polar surface area (TPSA) is 86.8 Å². The Kier molecular flexibility index (Phi) is 12.0. The van der Waals surface area contributed by atoms with Crippen molar-refractivity contribution >= 4 is 59.4 Å². The molecular weight excluding hydrogens is 718 g/mol. The standard InChI is InChI=1S/C35H37Br2N3O4S/c1-4-26(3)38-35(42)33(21-27-9-6-5-7-10-27)39(23-28-15-17-29(36)18-16-28)34(41)24-40(31-12-8-11-30(37)22-31)45(43,44)32-19-13-25(2)14-20-32/h5-20,22,26,33H,4,21,23-24H2,1-3H3,(H,38,42)/t26-,33+/m0/s1. The van der Waals surface area contributed by atoms with Gasteiger partial charge in [-0.15, -0.1) is 0 Å². The van der Waals surface area contributed by atoms with E-state index in [9.17, 15) is 18.0 Å². The van der Waals surface area contributed by atoms with Gasteiger partial charge in [-0.2, -0.15) is 0 Å². The van der Waals surface area contributed by atoms with Gasteiger partial charge in [0.25, 0.3) is 10.0 Å². The van der Waals surface area contributed by atoms with Crippen LogP contribution < -0.4 is 9.62 Å². The Labute approximate surface area is 283 Å². The normalized spacial score (nSPS) is 12.6. The summed E-state index contributed by atoms with van der Waals surface area (Å²) >= 11 is 6.91. The molecule has 0 unspecified atom stereocenters. The van der Waals surface area contributed by atoms with Crippen molar-refractivity contribution < 1.29 is 18.0 Å². The number of anilines is 1. The van der Waals surface area contributed by atoms with Gasteiger partial charge in [-0.05, 0) is 73.9 Å². The predicted octanol–water partition coefficient (Wildman–Crippen LogP) is 7.27. The lowest BCUT2D eigenvalue weighted by Crippen LogP contribution is -2.54. The molecule has 0 aromatic heterocycles. The molecule has 0 bridgehead atoms. The molecule has 2 atom stereocenters. The molecule has 10 heteroatoms. The number of amides is 2. The number of carbonyl (C=O) groups excluding carboxylic acids is 2. The van der Waals surface area contributed by atoms with Crippen molar-refractivity contribution in [1.29, 1.82) is 0 Å². The van der Waals surface area contributed by atoms with Crippen molar-refractivity contribution in [2.45, 2.75) is 57.1 Å². The van der Waals surface area contributed by atoms with Crippen LogP contribution in [0, 0.1) is 6.92 Å². The lowest BCUT2D eigenvalue weighted by molar-refractivity contribution is -0.140. The molecule has 4 aromatic carbocycles. The minimum absolute atomic E-state index is 0.0654. The third-order valence-corrected chi connectivity index (χ3v) is 10.3. The number of nitrogens with zero attached hydrogens (tertiary/aromatic N) is 2. The maximum Gasteiger partial charge on any atom is 0.264 e. The fourth-order valence-electron chi connectivity index (χ4n) is 4.78. The quantitative estimate of drug-likeness (QED) is 0.156. The second-order valence-electron chi connectivity index (χ2n) is 11.0. The summed E-state index contributed by atoms with van der Waals surface area (Å²) in [5, 5.41) is 3.06. The first-order chi connectivity index (χ1) is 21.5. The molecule has 0 aliphatic rings. The molecule has 0 saturated carbocycles. The molecule has 0 radical (unpaired) electrons. The van der Waals surface area contributed by atoms with Crippen LogP contribution in [0.15, 0.2) is 117 Å². The lowest BCUT2D eigenvalue weighted by Gasteiger charge is -2.34. The molecule has 7 nitrogen and oxygen atoms in total. The van der Waals surface area contributed by atoms with E-state index in [1.165, 1.54) is 17.0 Å². The Morgan fingerprint density at radius 2 is 1.49 bits per heavy atom. The number of nitrogens with one attached hydrogen (secondary N) is 1. The van der Waals surface area contributed by atoms with Gasteiger partial charge in [0.2, 0.25) is 11.8 Å². The Morgan fingerprint density at radius 3 is 2.11 bits per heavy atom. The average molecular weight is 756 g/mol. The van der Waals surface area contributed by atoms with E-state index in [1.807, 2.05) is 75.4 Å². The van der Waals surface area contributed by atoms with Crippen molar-refractivity contribution in [2.24, 2.45) is 0 Å². The number of aryl methyl sites for hydroxylation is 1. The van der Waals surface area contributed by atoms with E-state index >= 15 is 0 Å². The maximum absolute atomic E-state index is 14.5. The number of hydrogen-bond acceptors (Lipinski definition) is 4. The molecule has 45 heavy (non-hydrogen) atoms. The zero-order chi connectivity index (χ0) is 32.6. The minimum Gasteiger partial charge on any atom is -0.352 e. The number of sulfonamides is 1. The van der Waals surface area contributed by atoms with Crippen LogP contribution in [-0.4, -0.2) is 43.8 Å². The lowest BCUT2D eigenvalue weighted by atomic mass is 10.0. The van der Waals surface area contributed by atoms with Crippen molar-refractivity contribution in [3.63, 3.8) is 0 Å². The molecule has 0 heterocycles. The third kappa shape index (κ3) is 9.28. The van der Waals surface area contributed by atoms with Gasteiger partial charge >= 0.3 is 0 Å². The van der Waals surface area contributed by atoms with Crippen LogP contribution in [0.3, 0.4) is 0 Å². The fraction of sp³-hybridized carbons (Fsp3) is 0.257. The third-order valence-electron chi connectivity index (χ3n) is 7.52. The average Bonchev–Trinajstić information content (AvgIpc) is 3.02. The smallest absolute Gasteiger partial charge is 0.264 e. The molecule has 4 rings (SSSR count). The second kappa shape index (κ2) is 15.7. The zero-order valence-electron chi connectivity index (χ0n) is 25.5. The van der Waals surface area contributed by atoms with E-state index in [1.54, 1.807) is 36.4 Å². The maximum atomic E-state index is 14.5. The Morgan fingerprint density at radius 1 is 0.822 bits per heavy atom. The largest absolute Gasteiger partial charge is 0.352 e. The van der Waals surface area contributed by atoms with Crippen LogP contribution >= 0.6 is 31.9 Å². The molecule has 1 N–H and O–H groups in total. The molecule has 4 aromatic rings. The summed E-state index contributed by atoms with van der Waals surface area (Å²) in [7, 11) is -4.16. The molecular formula is C35H37Br2N3O4S. The number of benzene rings is 4. The molecule has 0 fully saturated rings. The number of carbonyl (C=O) groups is 2. The Hall–Kier alpha value is -3.47. The summed E-state index contributed by atoms with van der Waals surface area (Å²) < 4.78 is 30.9. The number of halogens is 2. The predicted molar refractivity (Wildman–Crippen MR) is 186 cm³/mol. The Bertz CT molecular complexity index is 1700. The van der Waals surface area contributed by atoms with Gasteiger partial charge in [0, 0.05) is 28.0 Å². The first-order valence-electron chi connectivity index (χ1n) is 14.7. The van der Waals surface area contributed by atoms with Crippen molar-refractivity contribution in [3.05, 3.63) is 129 Å². The molecule has 0 aliphatic heterocycles. The molecule has 2 amide bonds. The van der Waals surface area contributed by atoms with Crippen molar-refractivity contribution in [3.8, 4) is 0 Å². The summed E-state index contributed by atoms with van der Waals surface area (Å²) in [6.07, 6.45) is 0.975. The summed E-state index contributed by atoms with van der Waals surface area (Å²) in [6, 6.07) is 29.4. The monoisotopic (exact) mass is 753 g/mol. The first-order valence-corrected chi connectivity index (χ1v) is 17.7. The highest BCUT2D eigenvalue weighted by molar-refractivity contribution is 9.10. The highest BCUT2D eigenvalue weighted by Gasteiger charge is 2.35. The summed E-state index contributed by atoms with van der Waals surface area (Å²) in [5.74, 6) is -0.803. The van der Waals surface area contributed by atoms with Crippen LogP contribution in [0.25, 0.3) is 0 Å². The van der Waals surface area contributed by atoms with Crippen LogP contribution in [0.5, 0.6) is 0 Å². The zero-order valence-corrected chi connectivity index (χ0v) is 29.5. The van der Waals surface area contributed by atoms with Crippen molar-refractivity contribution in [1.82, 2.24) is 10.2 Å². The molecule has 0 aliphatic carbocycles. The molecule has 0 saturated heterocycles. The molecule has 236 valence electrons. The highest BCUT2D eigenvalue weighted by atomic mass is 79.9. The van der Waals surface area contributed by atoms with Gasteiger partial charge in [-0.1, -0.05) is 105 Å². The SMILES string of the molecule is CC[C@H](C)NC(=O)[C@@H](Cc1ccccc1)N(Cc1ccc(Br)cc1)C(=O)CN(c1cccc(Br)c1)S(=O)(=O)c1ccc(C)cc1. The molecule has 0 spiro atoms. The van der Waals surface area contributed by atoms with Gasteiger partial charge < -0.3 is 10.2 Å². The summed E-state index contributed by atoms with van der Waals surface area (Å²) in [6.45, 7) is 5.37. The van der Waals surface area contributed by atoms with Crippen molar-refractivity contribution in [2.75, 3.05) is 10.8 Å². The van der Waals surface area contributed by atoms with Crippen LogP contribution in [0.4, 0.5) is 5.69 Å². The van der Waals surface area contributed by atoms with Crippen LogP contribution in [0.2, 0.25) is 0 Å². The van der Waals surface area contributed by atoms with Gasteiger partial charge in [0.15, 0.2) is 0 Å². The fourth-order valence-corrected chi connectivity index (χ4v) is 6.84. The van der Waals surface area contributed by atoms with Gasteiger partial charge in [0.1, 0.15) is 12.6 Å². The number of hydrogen-bond donors (Lipinski definition) is 1. The first kappa shape index (κ1) is 34.4. The minimum atomic E-state index is -4.16. The Balaban J connectivity index is 1.80. The second-order valence-corrected chi connectivity index (χ2v) is 14.7. The summed E-state index contributed by atoms with van der Waals surface area (Å²) in [5.41, 5.74) is 2.92. The van der Waals surface area contributed by atoms with Crippen LogP contribution in [-0.2, 0) is 32.6 Å². The van der Waals surface area contributed by atoms with Crippen LogP contribution in [0.1, 0.15) is 37.0 Å². The number of rotatable bonds is 13. The van der Waals surface area contributed by atoms with E-state index in [0.29, 0.717) is 10.2 Å². The van der Waals surface area contributed by atoms with E-state index < -0.39 is 28.5 Å². The summed E-state index contributed by atoms with van der Waals surface area (Å²) in [4.78, 5) is 30.0. The van der Waals surface area contributed by atoms with Gasteiger partial charge in [-0.25, -0.2) is 8.42 Å². The van der Waals surface area contributed by atoms with E-state index in [2.05, 4.69) is 37.2 Å². The van der Waals surface area contributed by atoms with E-state index in [4.69, 9.17) is 0 Å². The highest BCUT2D eigenvalue weighted by Crippen LogP contribution is 2.28. The van der Waals surface area contributed by atoms with E-state index in [-0.39, 0.29) is 29.8 Å².